The fourth-order valence-corrected chi connectivity index (χ4v) is 5.95. The van der Waals surface area contributed by atoms with Gasteiger partial charge in [-0.1, -0.05) is 23.8 Å². The Morgan fingerprint density at radius 3 is 2.38 bits per heavy atom. The molecular weight excluding hydrogens is 386 g/mol. The summed E-state index contributed by atoms with van der Waals surface area (Å²) in [6, 6.07) is 9.54. The molecule has 1 aromatic heterocycles. The molecule has 1 aromatic carbocycles. The molecule has 0 unspecified atom stereocenters. The van der Waals surface area contributed by atoms with E-state index in [4.69, 9.17) is 0 Å². The van der Waals surface area contributed by atoms with Gasteiger partial charge >= 0.3 is 0 Å². The van der Waals surface area contributed by atoms with Gasteiger partial charge in [0.1, 0.15) is 0 Å². The predicted molar refractivity (Wildman–Crippen MR) is 113 cm³/mol. The second-order valence-corrected chi connectivity index (χ2v) is 9.64. The first-order valence-corrected chi connectivity index (χ1v) is 11.5. The first kappa shape index (κ1) is 21.5. The van der Waals surface area contributed by atoms with Crippen LogP contribution in [0, 0.1) is 26.7 Å². The smallest absolute Gasteiger partial charge is 0.243 e. The van der Waals surface area contributed by atoms with Gasteiger partial charge in [0.25, 0.3) is 0 Å². The van der Waals surface area contributed by atoms with Gasteiger partial charge in [-0.2, -0.15) is 4.31 Å². The van der Waals surface area contributed by atoms with Crippen molar-refractivity contribution < 1.29 is 13.2 Å². The summed E-state index contributed by atoms with van der Waals surface area (Å²) in [7, 11) is -3.55. The topological polar surface area (TPSA) is 79.4 Å². The molecule has 0 bridgehead atoms. The van der Waals surface area contributed by atoms with Gasteiger partial charge in [-0.25, -0.2) is 8.42 Å². The van der Waals surface area contributed by atoms with E-state index in [1.165, 1.54) is 4.31 Å². The molecular formula is C22H29N3O3S. The third-order valence-electron chi connectivity index (χ3n) is 5.43. The molecule has 2 heterocycles. The van der Waals surface area contributed by atoms with Gasteiger partial charge in [-0.15, -0.1) is 0 Å². The van der Waals surface area contributed by atoms with Crippen molar-refractivity contribution in [3.05, 3.63) is 58.9 Å². The minimum atomic E-state index is -3.55. The number of pyridine rings is 1. The van der Waals surface area contributed by atoms with Crippen molar-refractivity contribution in [1.82, 2.24) is 14.6 Å². The number of carbonyl (C=O) groups is 1. The normalized spacial score (nSPS) is 16.0. The van der Waals surface area contributed by atoms with Crippen molar-refractivity contribution in [2.24, 2.45) is 5.92 Å². The van der Waals surface area contributed by atoms with Crippen LogP contribution in [-0.2, 0) is 21.2 Å². The quantitative estimate of drug-likeness (QED) is 0.787. The molecule has 1 fully saturated rings. The van der Waals surface area contributed by atoms with E-state index in [9.17, 15) is 13.2 Å². The van der Waals surface area contributed by atoms with Crippen LogP contribution in [0.5, 0.6) is 0 Å². The summed E-state index contributed by atoms with van der Waals surface area (Å²) in [5, 5.41) is 2.96. The van der Waals surface area contributed by atoms with E-state index in [1.807, 2.05) is 51.1 Å². The number of carbonyl (C=O) groups excluding carboxylic acids is 1. The number of aromatic nitrogens is 1. The lowest BCUT2D eigenvalue weighted by Crippen LogP contribution is -2.43. The molecule has 0 atom stereocenters. The number of rotatable bonds is 6. The lowest BCUT2D eigenvalue weighted by Gasteiger charge is -2.31. The summed E-state index contributed by atoms with van der Waals surface area (Å²) in [6.45, 7) is 6.93. The lowest BCUT2D eigenvalue weighted by atomic mass is 9.97. The van der Waals surface area contributed by atoms with Crippen molar-refractivity contribution in [2.75, 3.05) is 19.6 Å². The van der Waals surface area contributed by atoms with Gasteiger partial charge in [0.2, 0.25) is 15.9 Å². The van der Waals surface area contributed by atoms with Crippen LogP contribution in [0.1, 0.15) is 35.2 Å². The van der Waals surface area contributed by atoms with Gasteiger partial charge < -0.3 is 5.32 Å². The van der Waals surface area contributed by atoms with Gasteiger partial charge in [0.15, 0.2) is 0 Å². The highest BCUT2D eigenvalue weighted by atomic mass is 32.2. The van der Waals surface area contributed by atoms with Crippen molar-refractivity contribution in [1.29, 1.82) is 0 Å². The summed E-state index contributed by atoms with van der Waals surface area (Å²) in [6.07, 6.45) is 3.51. The number of nitrogens with zero attached hydrogens (tertiary/aromatic N) is 2. The molecule has 156 valence electrons. The number of amides is 1. The van der Waals surface area contributed by atoms with E-state index in [1.54, 1.807) is 6.20 Å². The molecule has 1 amide bonds. The minimum absolute atomic E-state index is 0.000626. The van der Waals surface area contributed by atoms with Crippen LogP contribution in [0.15, 0.2) is 41.4 Å². The highest BCUT2D eigenvalue weighted by Crippen LogP contribution is 2.28. The number of piperidine rings is 1. The Morgan fingerprint density at radius 1 is 1.14 bits per heavy atom. The van der Waals surface area contributed by atoms with E-state index in [2.05, 4.69) is 10.3 Å². The van der Waals surface area contributed by atoms with Crippen LogP contribution in [0.4, 0.5) is 0 Å². The first-order valence-electron chi connectivity index (χ1n) is 10.0. The number of benzene rings is 1. The van der Waals surface area contributed by atoms with Crippen LogP contribution < -0.4 is 5.32 Å². The first-order chi connectivity index (χ1) is 13.8. The van der Waals surface area contributed by atoms with Gasteiger partial charge in [0.05, 0.1) is 4.90 Å². The summed E-state index contributed by atoms with van der Waals surface area (Å²) in [5.41, 5.74) is 3.55. The molecule has 1 saturated heterocycles. The lowest BCUT2D eigenvalue weighted by molar-refractivity contribution is -0.126. The van der Waals surface area contributed by atoms with Crippen LogP contribution in [0.25, 0.3) is 0 Å². The standard InChI is InChI=1S/C22H29N3O3S/c1-16-14-17(2)21(18(3)15-16)29(27,28)25-12-8-19(9-13-25)22(26)24-11-7-20-6-4-5-10-23-20/h4-6,10,14-15,19H,7-9,11-13H2,1-3H3,(H,24,26). The molecule has 1 N–H and O–H groups in total. The SMILES string of the molecule is Cc1cc(C)c(S(=O)(=O)N2CCC(C(=O)NCCc3ccccn3)CC2)c(C)c1. The number of aryl methyl sites for hydroxylation is 3. The molecule has 3 rings (SSSR count). The van der Waals surface area contributed by atoms with Gasteiger partial charge in [0, 0.05) is 43.9 Å². The molecule has 1 aliphatic rings. The summed E-state index contributed by atoms with van der Waals surface area (Å²) < 4.78 is 27.9. The van der Waals surface area contributed by atoms with Crippen molar-refractivity contribution in [3.8, 4) is 0 Å². The van der Waals surface area contributed by atoms with Gasteiger partial charge in [-0.3, -0.25) is 9.78 Å². The molecule has 6 nitrogen and oxygen atoms in total. The Morgan fingerprint density at radius 2 is 1.79 bits per heavy atom. The summed E-state index contributed by atoms with van der Waals surface area (Å²) in [4.78, 5) is 17.1. The fourth-order valence-electron chi connectivity index (χ4n) is 4.07. The Hall–Kier alpha value is -2.25. The second kappa shape index (κ2) is 9.05. The zero-order valence-corrected chi connectivity index (χ0v) is 18.1. The molecule has 7 heteroatoms. The maximum Gasteiger partial charge on any atom is 0.243 e. The molecule has 29 heavy (non-hydrogen) atoms. The van der Waals surface area contributed by atoms with Crippen molar-refractivity contribution in [2.45, 2.75) is 44.9 Å². The van der Waals surface area contributed by atoms with Gasteiger partial charge in [-0.05, 0) is 56.9 Å². The molecule has 0 radical (unpaired) electrons. The average molecular weight is 416 g/mol. The monoisotopic (exact) mass is 415 g/mol. The largest absolute Gasteiger partial charge is 0.355 e. The van der Waals surface area contributed by atoms with E-state index >= 15 is 0 Å². The van der Waals surface area contributed by atoms with Crippen molar-refractivity contribution in [3.63, 3.8) is 0 Å². The van der Waals surface area contributed by atoms with E-state index in [0.717, 1.165) is 22.4 Å². The van der Waals surface area contributed by atoms with Crippen LogP contribution in [0.3, 0.4) is 0 Å². The Balaban J connectivity index is 1.56. The number of sulfonamides is 1. The summed E-state index contributed by atoms with van der Waals surface area (Å²) in [5.74, 6) is -0.147. The third-order valence-corrected chi connectivity index (χ3v) is 7.64. The molecule has 0 spiro atoms. The van der Waals surface area contributed by atoms with E-state index in [-0.39, 0.29) is 11.8 Å². The van der Waals surface area contributed by atoms with E-state index in [0.29, 0.717) is 43.8 Å². The Kier molecular flexibility index (Phi) is 6.70. The van der Waals surface area contributed by atoms with Crippen LogP contribution in [0.2, 0.25) is 0 Å². The second-order valence-electron chi connectivity index (χ2n) is 7.77. The highest BCUT2D eigenvalue weighted by Gasteiger charge is 2.33. The fraction of sp³-hybridized carbons (Fsp3) is 0.455. The van der Waals surface area contributed by atoms with Crippen LogP contribution >= 0.6 is 0 Å². The molecule has 1 aliphatic heterocycles. The molecule has 0 aliphatic carbocycles. The number of nitrogens with one attached hydrogen (secondary N) is 1. The summed E-state index contributed by atoms with van der Waals surface area (Å²) >= 11 is 0. The molecule has 2 aromatic rings. The highest BCUT2D eigenvalue weighted by molar-refractivity contribution is 7.89. The van der Waals surface area contributed by atoms with Crippen LogP contribution in [-0.4, -0.2) is 43.2 Å². The minimum Gasteiger partial charge on any atom is -0.355 e. The van der Waals surface area contributed by atoms with E-state index < -0.39 is 10.0 Å². The predicted octanol–water partition coefficient (Wildman–Crippen LogP) is 2.77. The third kappa shape index (κ3) is 5.03. The zero-order valence-electron chi connectivity index (χ0n) is 17.3. The number of hydrogen-bond acceptors (Lipinski definition) is 4. The maximum atomic E-state index is 13.2. The molecule has 0 saturated carbocycles. The zero-order chi connectivity index (χ0) is 21.0. The Labute approximate surface area is 173 Å². The van der Waals surface area contributed by atoms with Crippen molar-refractivity contribution >= 4 is 15.9 Å². The Bertz CT molecular complexity index is 943. The maximum absolute atomic E-state index is 13.2. The number of hydrogen-bond donors (Lipinski definition) is 1. The average Bonchev–Trinajstić information content (AvgIpc) is 2.68.